The van der Waals surface area contributed by atoms with Crippen molar-refractivity contribution in [3.63, 3.8) is 0 Å². The summed E-state index contributed by atoms with van der Waals surface area (Å²) in [6.07, 6.45) is 5.22. The molecule has 0 unspecified atom stereocenters. The van der Waals surface area contributed by atoms with Crippen molar-refractivity contribution in [1.82, 2.24) is 15.4 Å². The lowest BCUT2D eigenvalue weighted by Gasteiger charge is -2.09. The van der Waals surface area contributed by atoms with E-state index in [1.54, 1.807) is 24.3 Å². The van der Waals surface area contributed by atoms with Gasteiger partial charge in [-0.3, -0.25) is 0 Å². The van der Waals surface area contributed by atoms with Gasteiger partial charge in [-0.1, -0.05) is 18.1 Å². The van der Waals surface area contributed by atoms with E-state index in [1.807, 2.05) is 6.92 Å². The van der Waals surface area contributed by atoms with Gasteiger partial charge in [0.25, 0.3) is 0 Å². The number of nitrogens with one attached hydrogen (secondary N) is 3. The molecule has 0 aliphatic heterocycles. The van der Waals surface area contributed by atoms with Crippen molar-refractivity contribution in [2.45, 2.75) is 18.4 Å². The van der Waals surface area contributed by atoms with Crippen molar-refractivity contribution in [2.75, 3.05) is 33.4 Å². The topological polar surface area (TPSA) is 91.8 Å². The van der Waals surface area contributed by atoms with Crippen molar-refractivity contribution >= 4 is 16.0 Å². The molecular weight excluding hydrogens is 328 g/mol. The minimum Gasteiger partial charge on any atom is -0.383 e. The van der Waals surface area contributed by atoms with E-state index in [2.05, 4.69) is 26.3 Å². The minimum absolute atomic E-state index is 0.212. The molecule has 0 atom stereocenters. The van der Waals surface area contributed by atoms with Gasteiger partial charge in [0.1, 0.15) is 0 Å². The van der Waals surface area contributed by atoms with Gasteiger partial charge >= 0.3 is 0 Å². The number of sulfonamides is 1. The lowest BCUT2D eigenvalue weighted by Crippen LogP contribution is -2.37. The van der Waals surface area contributed by atoms with Crippen LogP contribution in [0, 0.1) is 12.3 Å². The Morgan fingerprint density at radius 3 is 2.58 bits per heavy atom. The zero-order valence-electron chi connectivity index (χ0n) is 14.0. The summed E-state index contributed by atoms with van der Waals surface area (Å²) < 4.78 is 31.4. The highest BCUT2D eigenvalue weighted by Gasteiger charge is 2.12. The molecule has 0 bridgehead atoms. The van der Waals surface area contributed by atoms with E-state index >= 15 is 0 Å². The molecule has 132 valence electrons. The average Bonchev–Trinajstić information content (AvgIpc) is 2.58. The normalized spacial score (nSPS) is 11.8. The first-order valence-electron chi connectivity index (χ1n) is 7.56. The zero-order valence-corrected chi connectivity index (χ0v) is 14.8. The molecule has 0 spiro atoms. The van der Waals surface area contributed by atoms with Crippen molar-refractivity contribution in [1.29, 1.82) is 0 Å². The number of methoxy groups -OCH3 is 1. The monoisotopic (exact) mass is 352 g/mol. The van der Waals surface area contributed by atoms with E-state index in [0.29, 0.717) is 25.7 Å². The third-order valence-corrected chi connectivity index (χ3v) is 4.43. The molecule has 0 aliphatic carbocycles. The van der Waals surface area contributed by atoms with Crippen LogP contribution in [0.2, 0.25) is 0 Å². The molecule has 0 saturated carbocycles. The largest absolute Gasteiger partial charge is 0.383 e. The molecule has 0 fully saturated rings. The van der Waals surface area contributed by atoms with Gasteiger partial charge in [0, 0.05) is 20.2 Å². The van der Waals surface area contributed by atoms with Gasteiger partial charge in [-0.25, -0.2) is 18.1 Å². The number of hydrogen-bond acceptors (Lipinski definition) is 4. The fraction of sp³-hybridized carbons (Fsp3) is 0.438. The van der Waals surface area contributed by atoms with Crippen LogP contribution in [0.1, 0.15) is 12.5 Å². The van der Waals surface area contributed by atoms with Crippen LogP contribution in [0.15, 0.2) is 34.2 Å². The fourth-order valence-electron chi connectivity index (χ4n) is 1.78. The van der Waals surface area contributed by atoms with E-state index in [-0.39, 0.29) is 11.4 Å². The van der Waals surface area contributed by atoms with Gasteiger partial charge in [0.05, 0.1) is 24.6 Å². The molecule has 0 radical (unpaired) electrons. The molecular formula is C16H24N4O3S. The molecule has 24 heavy (non-hydrogen) atoms. The number of guanidine groups is 1. The second-order valence-corrected chi connectivity index (χ2v) is 6.55. The molecule has 8 heteroatoms. The second-order valence-electron chi connectivity index (χ2n) is 4.79. The summed E-state index contributed by atoms with van der Waals surface area (Å²) in [7, 11) is -2.00. The lowest BCUT2D eigenvalue weighted by molar-refractivity contribution is 0.204. The van der Waals surface area contributed by atoms with E-state index in [1.165, 1.54) is 7.11 Å². The Morgan fingerprint density at radius 2 is 2.00 bits per heavy atom. The van der Waals surface area contributed by atoms with Crippen molar-refractivity contribution in [2.24, 2.45) is 4.99 Å². The highest BCUT2D eigenvalue weighted by atomic mass is 32.2. The highest BCUT2D eigenvalue weighted by Crippen LogP contribution is 2.11. The number of benzene rings is 1. The van der Waals surface area contributed by atoms with Crippen LogP contribution in [0.3, 0.4) is 0 Å². The van der Waals surface area contributed by atoms with E-state index < -0.39 is 10.0 Å². The molecule has 1 aromatic carbocycles. The van der Waals surface area contributed by atoms with Crippen molar-refractivity contribution in [3.8, 4) is 12.3 Å². The molecule has 7 nitrogen and oxygen atoms in total. The molecule has 0 heterocycles. The summed E-state index contributed by atoms with van der Waals surface area (Å²) in [6.45, 7) is 4.04. The molecule has 0 aromatic heterocycles. The Hall–Kier alpha value is -2.08. The van der Waals surface area contributed by atoms with Crippen LogP contribution in [0.4, 0.5) is 0 Å². The zero-order chi connectivity index (χ0) is 17.8. The Balaban J connectivity index is 2.71. The van der Waals surface area contributed by atoms with Crippen molar-refractivity contribution in [3.05, 3.63) is 29.8 Å². The molecule has 3 N–H and O–H groups in total. The molecule has 1 rings (SSSR count). The summed E-state index contributed by atoms with van der Waals surface area (Å²) in [5.74, 6) is 3.10. The number of terminal acetylenes is 1. The smallest absolute Gasteiger partial charge is 0.240 e. The van der Waals surface area contributed by atoms with E-state index in [4.69, 9.17) is 11.2 Å². The summed E-state index contributed by atoms with van der Waals surface area (Å²) >= 11 is 0. The Morgan fingerprint density at radius 1 is 1.29 bits per heavy atom. The average molecular weight is 352 g/mol. The quantitative estimate of drug-likeness (QED) is 0.257. The number of rotatable bonds is 9. The highest BCUT2D eigenvalue weighted by molar-refractivity contribution is 7.89. The maximum Gasteiger partial charge on any atom is 0.240 e. The number of aliphatic imine (C=N–C) groups is 1. The second kappa shape index (κ2) is 10.6. The Labute approximate surface area is 143 Å². The third kappa shape index (κ3) is 7.00. The number of nitrogens with zero attached hydrogens (tertiary/aromatic N) is 1. The van der Waals surface area contributed by atoms with Crippen LogP contribution in [-0.4, -0.2) is 47.7 Å². The predicted octanol–water partition coefficient (Wildman–Crippen LogP) is 0.300. The lowest BCUT2D eigenvalue weighted by atomic mass is 10.2. The molecule has 0 amide bonds. The summed E-state index contributed by atoms with van der Waals surface area (Å²) in [5.41, 5.74) is 0.892. The van der Waals surface area contributed by atoms with Gasteiger partial charge in [0.2, 0.25) is 10.0 Å². The maximum absolute atomic E-state index is 12.1. The Bertz CT molecular complexity index is 664. The van der Waals surface area contributed by atoms with Crippen LogP contribution in [0.5, 0.6) is 0 Å². The van der Waals surface area contributed by atoms with Gasteiger partial charge in [-0.15, -0.1) is 6.42 Å². The van der Waals surface area contributed by atoms with Gasteiger partial charge in [0.15, 0.2) is 5.96 Å². The SMILES string of the molecule is C#CCNC(=NCc1ccc(S(=O)(=O)NCCOC)cc1)NCC. The van der Waals surface area contributed by atoms with Crippen LogP contribution >= 0.6 is 0 Å². The number of hydrogen-bond donors (Lipinski definition) is 3. The third-order valence-electron chi connectivity index (χ3n) is 2.95. The number of ether oxygens (including phenoxy) is 1. The van der Waals surface area contributed by atoms with Gasteiger partial charge in [-0.05, 0) is 24.6 Å². The fourth-order valence-corrected chi connectivity index (χ4v) is 2.80. The summed E-state index contributed by atoms with van der Waals surface area (Å²) in [4.78, 5) is 4.60. The van der Waals surface area contributed by atoms with Gasteiger partial charge < -0.3 is 15.4 Å². The van der Waals surface area contributed by atoms with Gasteiger partial charge in [-0.2, -0.15) is 0 Å². The van der Waals surface area contributed by atoms with E-state index in [0.717, 1.165) is 12.1 Å². The van der Waals surface area contributed by atoms with Crippen LogP contribution in [-0.2, 0) is 21.3 Å². The van der Waals surface area contributed by atoms with Crippen LogP contribution < -0.4 is 15.4 Å². The summed E-state index contributed by atoms with van der Waals surface area (Å²) in [5, 5.41) is 6.07. The molecule has 1 aromatic rings. The van der Waals surface area contributed by atoms with Crippen LogP contribution in [0.25, 0.3) is 0 Å². The maximum atomic E-state index is 12.1. The molecule has 0 saturated heterocycles. The first kappa shape index (κ1) is 20.0. The first-order chi connectivity index (χ1) is 11.5. The standard InChI is InChI=1S/C16H24N4O3S/c1-4-10-18-16(17-5-2)19-13-14-6-8-15(9-7-14)24(21,22)20-11-12-23-3/h1,6-9,20H,5,10-13H2,2-3H3,(H2,17,18,19). The first-order valence-corrected chi connectivity index (χ1v) is 9.05. The predicted molar refractivity (Wildman–Crippen MR) is 95.2 cm³/mol. The van der Waals surface area contributed by atoms with Crippen molar-refractivity contribution < 1.29 is 13.2 Å². The van der Waals surface area contributed by atoms with E-state index in [9.17, 15) is 8.42 Å². The minimum atomic E-state index is -3.51. The molecule has 0 aliphatic rings. The summed E-state index contributed by atoms with van der Waals surface area (Å²) in [6, 6.07) is 6.59. The Kier molecular flexibility index (Phi) is 8.86.